The highest BCUT2D eigenvalue weighted by Gasteiger charge is 2.59. The van der Waals surface area contributed by atoms with Crippen LogP contribution in [0.2, 0.25) is 0 Å². The second-order valence-corrected chi connectivity index (χ2v) is 12.1. The van der Waals surface area contributed by atoms with Crippen LogP contribution in [0.5, 0.6) is 17.4 Å². The summed E-state index contributed by atoms with van der Waals surface area (Å²) in [7, 11) is 3.02. The summed E-state index contributed by atoms with van der Waals surface area (Å²) in [6.45, 7) is 3.45. The first-order chi connectivity index (χ1) is 22.3. The Morgan fingerprint density at radius 2 is 2.04 bits per heavy atom. The number of halogens is 1. The number of benzene rings is 2. The van der Waals surface area contributed by atoms with Crippen molar-refractivity contribution in [1.29, 1.82) is 5.26 Å². The van der Waals surface area contributed by atoms with Crippen molar-refractivity contribution in [3.8, 4) is 23.4 Å². The number of fused-ring (bicyclic) bond motifs is 2. The Labute approximate surface area is 264 Å². The van der Waals surface area contributed by atoms with E-state index in [4.69, 9.17) is 29.2 Å². The highest BCUT2D eigenvalue weighted by Crippen LogP contribution is 2.58. The Bertz CT molecular complexity index is 1870. The van der Waals surface area contributed by atoms with Crippen molar-refractivity contribution < 1.29 is 33.2 Å². The van der Waals surface area contributed by atoms with Gasteiger partial charge in [0.2, 0.25) is 5.82 Å². The maximum absolute atomic E-state index is 14.8. The molecular weight excluding hydrogens is 595 g/mol. The van der Waals surface area contributed by atoms with Gasteiger partial charge in [0.25, 0.3) is 5.88 Å². The molecule has 2 saturated heterocycles. The molecule has 0 spiro atoms. The molecular formula is C33H33FN6O6. The van der Waals surface area contributed by atoms with E-state index in [0.717, 1.165) is 38.2 Å². The third-order valence-electron chi connectivity index (χ3n) is 9.43. The van der Waals surface area contributed by atoms with E-state index in [9.17, 15) is 14.3 Å². The van der Waals surface area contributed by atoms with Crippen molar-refractivity contribution in [2.75, 3.05) is 33.9 Å². The van der Waals surface area contributed by atoms with Crippen LogP contribution in [0, 0.1) is 23.1 Å². The average molecular weight is 629 g/mol. The number of hydrogen-bond donors (Lipinski definition) is 1. The maximum Gasteiger partial charge on any atom is 0.335 e. The first-order valence-electron chi connectivity index (χ1n) is 15.2. The number of likely N-dealkylation sites (tertiary alicyclic amines) is 1. The molecule has 2 aliphatic heterocycles. The van der Waals surface area contributed by atoms with Crippen LogP contribution in [0.1, 0.15) is 52.4 Å². The first-order valence-corrected chi connectivity index (χ1v) is 15.2. The van der Waals surface area contributed by atoms with Crippen LogP contribution in [-0.2, 0) is 29.8 Å². The molecule has 0 amide bonds. The molecule has 4 heterocycles. The Morgan fingerprint density at radius 1 is 1.22 bits per heavy atom. The number of carbonyl (C=O) groups is 1. The van der Waals surface area contributed by atoms with Crippen molar-refractivity contribution in [1.82, 2.24) is 24.4 Å². The van der Waals surface area contributed by atoms with Gasteiger partial charge in [0, 0.05) is 24.1 Å². The molecule has 3 fully saturated rings. The number of aromatic carboxylic acids is 1. The van der Waals surface area contributed by atoms with Gasteiger partial charge in [0.1, 0.15) is 35.3 Å². The second-order valence-electron chi connectivity index (χ2n) is 12.1. The molecule has 1 aliphatic carbocycles. The highest BCUT2D eigenvalue weighted by molar-refractivity contribution is 5.95. The van der Waals surface area contributed by atoms with E-state index in [2.05, 4.69) is 25.5 Å². The molecule has 2 aromatic heterocycles. The average Bonchev–Trinajstić information content (AvgIpc) is 3.68. The minimum Gasteiger partial charge on any atom is -0.496 e. The third kappa shape index (κ3) is 5.37. The number of hydrogen-bond acceptors (Lipinski definition) is 10. The molecule has 2 unspecified atom stereocenters. The summed E-state index contributed by atoms with van der Waals surface area (Å²) in [5.41, 5.74) is 2.37. The lowest BCUT2D eigenvalue weighted by Gasteiger charge is -2.32. The lowest BCUT2D eigenvalue weighted by atomic mass is 9.94. The predicted octanol–water partition coefficient (Wildman–Crippen LogP) is 4.08. The number of carboxylic acid groups (broad SMARTS) is 1. The van der Waals surface area contributed by atoms with Crippen molar-refractivity contribution in [2.45, 2.75) is 50.5 Å². The van der Waals surface area contributed by atoms with Gasteiger partial charge in [-0.05, 0) is 56.0 Å². The fraction of sp³-hybridized carbons (Fsp3) is 0.424. The SMILES string of the molecule is COc1cc(C#N)ccc1COc1nc(C23CCN(Cc4nc5c(OC)cc(C(=O)O)cc5n4C[C@@H]4CCO4)CC2C3)ncc1F. The number of methoxy groups -OCH3 is 2. The van der Waals surface area contributed by atoms with Gasteiger partial charge in [-0.1, -0.05) is 6.07 Å². The number of nitrogens with zero attached hydrogens (tertiary/aromatic N) is 6. The Balaban J connectivity index is 1.08. The van der Waals surface area contributed by atoms with Crippen LogP contribution in [0.15, 0.2) is 36.5 Å². The third-order valence-corrected chi connectivity index (χ3v) is 9.43. The van der Waals surface area contributed by atoms with E-state index in [1.165, 1.54) is 26.5 Å². The molecule has 13 heteroatoms. The monoisotopic (exact) mass is 628 g/mol. The van der Waals surface area contributed by atoms with Gasteiger partial charge in [0.15, 0.2) is 0 Å². The lowest BCUT2D eigenvalue weighted by Crippen LogP contribution is -2.38. The van der Waals surface area contributed by atoms with Crippen LogP contribution in [-0.4, -0.2) is 75.5 Å². The summed E-state index contributed by atoms with van der Waals surface area (Å²) in [6.07, 6.45) is 3.85. The summed E-state index contributed by atoms with van der Waals surface area (Å²) in [5, 5.41) is 18.9. The van der Waals surface area contributed by atoms with Crippen LogP contribution in [0.25, 0.3) is 11.0 Å². The van der Waals surface area contributed by atoms with Gasteiger partial charge >= 0.3 is 5.97 Å². The summed E-state index contributed by atoms with van der Waals surface area (Å²) < 4.78 is 39.3. The van der Waals surface area contributed by atoms with E-state index < -0.39 is 11.8 Å². The topological polar surface area (TPSA) is 145 Å². The number of imidazole rings is 1. The predicted molar refractivity (Wildman–Crippen MR) is 161 cm³/mol. The molecule has 7 rings (SSSR count). The van der Waals surface area contributed by atoms with Crippen LogP contribution in [0.3, 0.4) is 0 Å². The Morgan fingerprint density at radius 3 is 2.74 bits per heavy atom. The smallest absolute Gasteiger partial charge is 0.335 e. The molecule has 0 bridgehead atoms. The van der Waals surface area contributed by atoms with Crippen molar-refractivity contribution in [2.24, 2.45) is 5.92 Å². The molecule has 4 aromatic rings. The number of aromatic nitrogens is 4. The highest BCUT2D eigenvalue weighted by atomic mass is 19.1. The second kappa shape index (κ2) is 11.9. The molecule has 12 nitrogen and oxygen atoms in total. The number of nitriles is 1. The van der Waals surface area contributed by atoms with Crippen LogP contribution < -0.4 is 14.2 Å². The van der Waals surface area contributed by atoms with Gasteiger partial charge in [-0.15, -0.1) is 0 Å². The summed E-state index contributed by atoms with van der Waals surface area (Å²) in [6, 6.07) is 10.2. The molecule has 238 valence electrons. The van der Waals surface area contributed by atoms with Crippen molar-refractivity contribution >= 4 is 17.0 Å². The summed E-state index contributed by atoms with van der Waals surface area (Å²) in [4.78, 5) is 28.1. The van der Waals surface area contributed by atoms with Gasteiger partial charge in [-0.3, -0.25) is 4.90 Å². The van der Waals surface area contributed by atoms with Crippen LogP contribution in [0.4, 0.5) is 4.39 Å². The number of piperidine rings is 1. The maximum atomic E-state index is 14.8. The van der Waals surface area contributed by atoms with Crippen molar-refractivity contribution in [3.63, 3.8) is 0 Å². The molecule has 3 aliphatic rings. The normalized spacial score (nSPS) is 22.0. The zero-order valence-electron chi connectivity index (χ0n) is 25.5. The summed E-state index contributed by atoms with van der Waals surface area (Å²) >= 11 is 0. The van der Waals surface area contributed by atoms with Gasteiger partial charge in [-0.2, -0.15) is 14.6 Å². The largest absolute Gasteiger partial charge is 0.496 e. The minimum absolute atomic E-state index is 0.0259. The van der Waals surface area contributed by atoms with E-state index in [-0.39, 0.29) is 29.6 Å². The van der Waals surface area contributed by atoms with Gasteiger partial charge < -0.3 is 28.6 Å². The fourth-order valence-electron chi connectivity index (χ4n) is 6.66. The molecule has 46 heavy (non-hydrogen) atoms. The minimum atomic E-state index is -1.03. The van der Waals surface area contributed by atoms with Crippen LogP contribution >= 0.6 is 0 Å². The van der Waals surface area contributed by atoms with Gasteiger partial charge in [-0.25, -0.2) is 14.8 Å². The first kappa shape index (κ1) is 29.9. The van der Waals surface area contributed by atoms with Crippen molar-refractivity contribution in [3.05, 3.63) is 70.7 Å². The van der Waals surface area contributed by atoms with E-state index in [0.29, 0.717) is 65.1 Å². The number of ether oxygens (including phenoxy) is 4. The quantitative estimate of drug-likeness (QED) is 0.256. The molecule has 0 radical (unpaired) electrons. The zero-order chi connectivity index (χ0) is 32.0. The molecule has 3 atom stereocenters. The Kier molecular flexibility index (Phi) is 7.70. The molecule has 1 saturated carbocycles. The Hall–Kier alpha value is -4.80. The summed E-state index contributed by atoms with van der Waals surface area (Å²) in [5.74, 6) is 0.829. The fourth-order valence-corrected chi connectivity index (χ4v) is 6.66. The number of carboxylic acids is 1. The van der Waals surface area contributed by atoms with E-state index >= 15 is 0 Å². The lowest BCUT2D eigenvalue weighted by molar-refractivity contribution is -0.0592. The standard InChI is InChI=1S/C33H33FN6O6/c1-43-26-9-19(13-35)3-4-20(26)18-46-30-24(34)14-36-32(38-30)33-6-7-39(15-22(33)12-33)17-28-37-29-25(40(28)16-23-5-8-45-23)10-21(31(41)42)11-27(29)44-2/h3-4,9-11,14,22-23H,5-8,12,15-18H2,1-2H3,(H,41,42)/t22?,23-,33?/m0/s1. The zero-order valence-corrected chi connectivity index (χ0v) is 25.5. The van der Waals surface area contributed by atoms with E-state index in [1.807, 2.05) is 0 Å². The van der Waals surface area contributed by atoms with E-state index in [1.54, 1.807) is 24.3 Å². The number of rotatable bonds is 11. The molecule has 2 aromatic carbocycles. The molecule has 1 N–H and O–H groups in total. The van der Waals surface area contributed by atoms with Gasteiger partial charge in [0.05, 0.1) is 62.3 Å².